The van der Waals surface area contributed by atoms with Crippen LogP contribution in [0.4, 0.5) is 0 Å². The van der Waals surface area contributed by atoms with Crippen LogP contribution in [-0.4, -0.2) is 41.1 Å². The summed E-state index contributed by atoms with van der Waals surface area (Å²) < 4.78 is 0. The molecule has 0 radical (unpaired) electrons. The van der Waals surface area contributed by atoms with Gasteiger partial charge >= 0.3 is 0 Å². The van der Waals surface area contributed by atoms with Gasteiger partial charge in [-0.15, -0.1) is 0 Å². The van der Waals surface area contributed by atoms with E-state index in [1.54, 1.807) is 0 Å². The average Bonchev–Trinajstić information content (AvgIpc) is 2.94. The number of likely N-dealkylation sites (tertiary alicyclic amines) is 1. The van der Waals surface area contributed by atoms with Crippen LogP contribution in [0.2, 0.25) is 0 Å². The molecule has 1 fully saturated rings. The lowest BCUT2D eigenvalue weighted by atomic mass is 9.95. The van der Waals surface area contributed by atoms with E-state index in [4.69, 9.17) is 0 Å². The average molecular weight is 260 g/mol. The molecule has 2 heterocycles. The molecule has 2 aliphatic rings. The van der Waals surface area contributed by atoms with Gasteiger partial charge in [0, 0.05) is 13.1 Å². The Morgan fingerprint density at radius 1 is 1.37 bits per heavy atom. The Morgan fingerprint density at radius 2 is 2.16 bits per heavy atom. The Balaban J connectivity index is 1.72. The first kappa shape index (κ1) is 12.6. The third-order valence-corrected chi connectivity index (χ3v) is 4.25. The number of aliphatic hydroxyl groups excluding tert-OH is 1. The first-order valence-corrected chi connectivity index (χ1v) is 7.01. The molecule has 4 heteroatoms. The minimum atomic E-state index is -0.137. The van der Waals surface area contributed by atoms with Crippen LogP contribution in [0.5, 0.6) is 0 Å². The zero-order valence-electron chi connectivity index (χ0n) is 11.0. The van der Waals surface area contributed by atoms with Crippen molar-refractivity contribution in [3.05, 3.63) is 35.4 Å². The maximum Gasteiger partial charge on any atom is 0.240 e. The summed E-state index contributed by atoms with van der Waals surface area (Å²) in [7, 11) is 0. The number of rotatable bonds is 2. The highest BCUT2D eigenvalue weighted by Crippen LogP contribution is 2.22. The molecule has 2 atom stereocenters. The summed E-state index contributed by atoms with van der Waals surface area (Å²) in [6.45, 7) is 1.61. The third kappa shape index (κ3) is 2.38. The molecule has 0 saturated carbocycles. The summed E-state index contributed by atoms with van der Waals surface area (Å²) >= 11 is 0. The summed E-state index contributed by atoms with van der Waals surface area (Å²) in [6, 6.07) is 8.15. The SMILES string of the molecule is O=C([C@H]1Cc2ccccc2CN1)N1CCC[C@@H]1CO. The van der Waals surface area contributed by atoms with E-state index >= 15 is 0 Å². The number of amides is 1. The molecule has 3 rings (SSSR count). The Kier molecular flexibility index (Phi) is 3.53. The lowest BCUT2D eigenvalue weighted by molar-refractivity contribution is -0.135. The molecule has 0 aliphatic carbocycles. The quantitative estimate of drug-likeness (QED) is 0.822. The van der Waals surface area contributed by atoms with Crippen molar-refractivity contribution in [1.29, 1.82) is 0 Å². The predicted molar refractivity (Wildman–Crippen MR) is 72.6 cm³/mol. The number of hydrogen-bond donors (Lipinski definition) is 2. The molecule has 1 saturated heterocycles. The number of carbonyl (C=O) groups excluding carboxylic acids is 1. The van der Waals surface area contributed by atoms with Crippen molar-refractivity contribution in [3.8, 4) is 0 Å². The van der Waals surface area contributed by atoms with Crippen LogP contribution in [0, 0.1) is 0 Å². The molecule has 0 unspecified atom stereocenters. The largest absolute Gasteiger partial charge is 0.394 e. The number of nitrogens with one attached hydrogen (secondary N) is 1. The Labute approximate surface area is 113 Å². The summed E-state index contributed by atoms with van der Waals surface area (Å²) in [5.74, 6) is 0.144. The highest BCUT2D eigenvalue weighted by atomic mass is 16.3. The van der Waals surface area contributed by atoms with Gasteiger partial charge in [0.05, 0.1) is 18.7 Å². The smallest absolute Gasteiger partial charge is 0.240 e. The van der Waals surface area contributed by atoms with Crippen LogP contribution in [-0.2, 0) is 17.8 Å². The molecule has 1 amide bonds. The van der Waals surface area contributed by atoms with Gasteiger partial charge in [-0.25, -0.2) is 0 Å². The monoisotopic (exact) mass is 260 g/mol. The molecule has 4 nitrogen and oxygen atoms in total. The third-order valence-electron chi connectivity index (χ3n) is 4.25. The number of nitrogens with zero attached hydrogens (tertiary/aromatic N) is 1. The van der Waals surface area contributed by atoms with Crippen molar-refractivity contribution in [2.45, 2.75) is 37.9 Å². The summed E-state index contributed by atoms with van der Waals surface area (Å²) in [4.78, 5) is 14.4. The summed E-state index contributed by atoms with van der Waals surface area (Å²) in [5.41, 5.74) is 2.55. The summed E-state index contributed by atoms with van der Waals surface area (Å²) in [6.07, 6.45) is 2.68. The van der Waals surface area contributed by atoms with Crippen LogP contribution in [0.25, 0.3) is 0 Å². The Morgan fingerprint density at radius 3 is 2.95 bits per heavy atom. The van der Waals surface area contributed by atoms with E-state index in [1.165, 1.54) is 11.1 Å². The van der Waals surface area contributed by atoms with E-state index in [0.717, 1.165) is 32.4 Å². The minimum Gasteiger partial charge on any atom is -0.394 e. The van der Waals surface area contributed by atoms with Crippen molar-refractivity contribution in [2.75, 3.05) is 13.2 Å². The van der Waals surface area contributed by atoms with E-state index < -0.39 is 0 Å². The molecule has 2 N–H and O–H groups in total. The van der Waals surface area contributed by atoms with E-state index in [-0.39, 0.29) is 24.6 Å². The fourth-order valence-corrected chi connectivity index (χ4v) is 3.14. The van der Waals surface area contributed by atoms with Gasteiger partial charge in [0.25, 0.3) is 0 Å². The second-order valence-corrected chi connectivity index (χ2v) is 5.42. The van der Waals surface area contributed by atoms with Crippen LogP contribution in [0.3, 0.4) is 0 Å². The lowest BCUT2D eigenvalue weighted by Crippen LogP contribution is -2.51. The van der Waals surface area contributed by atoms with Gasteiger partial charge in [0.2, 0.25) is 5.91 Å². The van der Waals surface area contributed by atoms with Gasteiger partial charge < -0.3 is 15.3 Å². The van der Waals surface area contributed by atoms with Gasteiger partial charge in [-0.2, -0.15) is 0 Å². The van der Waals surface area contributed by atoms with E-state index in [1.807, 2.05) is 17.0 Å². The number of fused-ring (bicyclic) bond motifs is 1. The molecule has 0 spiro atoms. The van der Waals surface area contributed by atoms with Crippen LogP contribution < -0.4 is 5.32 Å². The van der Waals surface area contributed by atoms with Gasteiger partial charge in [0.1, 0.15) is 0 Å². The minimum absolute atomic E-state index is 0.0199. The maximum atomic E-state index is 12.5. The summed E-state index contributed by atoms with van der Waals surface area (Å²) in [5, 5.41) is 12.7. The van der Waals surface area contributed by atoms with Gasteiger partial charge in [0.15, 0.2) is 0 Å². The number of hydrogen-bond acceptors (Lipinski definition) is 3. The van der Waals surface area contributed by atoms with Crippen LogP contribution in [0.15, 0.2) is 24.3 Å². The fourth-order valence-electron chi connectivity index (χ4n) is 3.14. The van der Waals surface area contributed by atoms with Crippen molar-refractivity contribution < 1.29 is 9.90 Å². The highest BCUT2D eigenvalue weighted by molar-refractivity contribution is 5.83. The van der Waals surface area contributed by atoms with Crippen LogP contribution in [0.1, 0.15) is 24.0 Å². The van der Waals surface area contributed by atoms with Gasteiger partial charge in [-0.3, -0.25) is 4.79 Å². The van der Waals surface area contributed by atoms with Crippen molar-refractivity contribution >= 4 is 5.91 Å². The van der Waals surface area contributed by atoms with Gasteiger partial charge in [-0.1, -0.05) is 24.3 Å². The predicted octanol–water partition coefficient (Wildman–Crippen LogP) is 0.684. The molecule has 19 heavy (non-hydrogen) atoms. The molecule has 2 aliphatic heterocycles. The lowest BCUT2D eigenvalue weighted by Gasteiger charge is -2.31. The standard InChI is InChI=1S/C15H20N2O2/c18-10-13-6-3-7-17(13)15(19)14-8-11-4-1-2-5-12(11)9-16-14/h1-2,4-5,13-14,16,18H,3,6-10H2/t13-,14-/m1/s1. The molecule has 0 bridgehead atoms. The maximum absolute atomic E-state index is 12.5. The molecular weight excluding hydrogens is 240 g/mol. The zero-order chi connectivity index (χ0) is 13.2. The molecule has 1 aromatic rings. The Hall–Kier alpha value is -1.39. The fraction of sp³-hybridized carbons (Fsp3) is 0.533. The van der Waals surface area contributed by atoms with E-state index in [2.05, 4.69) is 17.4 Å². The van der Waals surface area contributed by atoms with Crippen molar-refractivity contribution in [2.24, 2.45) is 0 Å². The number of benzene rings is 1. The Bertz CT molecular complexity index is 475. The second-order valence-electron chi connectivity index (χ2n) is 5.42. The number of aliphatic hydroxyl groups is 1. The second kappa shape index (κ2) is 5.31. The first-order chi connectivity index (χ1) is 9.29. The number of carbonyl (C=O) groups is 1. The highest BCUT2D eigenvalue weighted by Gasteiger charge is 2.34. The van der Waals surface area contributed by atoms with Gasteiger partial charge in [-0.05, 0) is 30.4 Å². The molecular formula is C15H20N2O2. The first-order valence-electron chi connectivity index (χ1n) is 7.01. The molecule has 0 aromatic heterocycles. The topological polar surface area (TPSA) is 52.6 Å². The van der Waals surface area contributed by atoms with Crippen molar-refractivity contribution in [3.63, 3.8) is 0 Å². The molecule has 102 valence electrons. The van der Waals surface area contributed by atoms with E-state index in [9.17, 15) is 9.90 Å². The zero-order valence-corrected chi connectivity index (χ0v) is 11.0. The van der Waals surface area contributed by atoms with Crippen molar-refractivity contribution in [1.82, 2.24) is 10.2 Å². The molecule has 1 aromatic carbocycles. The van der Waals surface area contributed by atoms with E-state index in [0.29, 0.717) is 0 Å². The normalized spacial score (nSPS) is 26.3. The van der Waals surface area contributed by atoms with Crippen LogP contribution >= 0.6 is 0 Å².